The number of rotatable bonds is 6. The van der Waals surface area contributed by atoms with Crippen molar-refractivity contribution in [3.8, 4) is 0 Å². The van der Waals surface area contributed by atoms with E-state index in [9.17, 15) is 23.2 Å². The molecule has 0 spiro atoms. The molecule has 158 valence electrons. The molecule has 3 amide bonds. The van der Waals surface area contributed by atoms with Crippen LogP contribution in [0, 0.1) is 17.6 Å². The third-order valence-electron chi connectivity index (χ3n) is 4.95. The highest BCUT2D eigenvalue weighted by atomic mass is 32.2. The molecule has 30 heavy (non-hydrogen) atoms. The van der Waals surface area contributed by atoms with Gasteiger partial charge in [-0.1, -0.05) is 6.07 Å². The SMILES string of the molecule is CNC(=O)C(NC(=O)C1CC(=O)N(c2ccc(SC)cc2)C1)c1ccc(F)c(F)c1. The Morgan fingerprint density at radius 2 is 1.83 bits per heavy atom. The van der Waals surface area contributed by atoms with Gasteiger partial charge < -0.3 is 15.5 Å². The summed E-state index contributed by atoms with van der Waals surface area (Å²) in [6, 6.07) is 9.22. The van der Waals surface area contributed by atoms with Gasteiger partial charge in [0.15, 0.2) is 11.6 Å². The quantitative estimate of drug-likeness (QED) is 0.687. The van der Waals surface area contributed by atoms with Gasteiger partial charge in [-0.15, -0.1) is 11.8 Å². The Balaban J connectivity index is 1.75. The van der Waals surface area contributed by atoms with Gasteiger partial charge in [0.1, 0.15) is 6.04 Å². The topological polar surface area (TPSA) is 78.5 Å². The van der Waals surface area contributed by atoms with Crippen LogP contribution in [-0.2, 0) is 14.4 Å². The number of carbonyl (C=O) groups excluding carboxylic acids is 3. The van der Waals surface area contributed by atoms with Crippen LogP contribution in [-0.4, -0.2) is 37.6 Å². The Kier molecular flexibility index (Phi) is 6.71. The van der Waals surface area contributed by atoms with Crippen LogP contribution in [0.1, 0.15) is 18.0 Å². The number of nitrogens with zero attached hydrogens (tertiary/aromatic N) is 1. The molecule has 2 aromatic carbocycles. The highest BCUT2D eigenvalue weighted by Gasteiger charge is 2.37. The van der Waals surface area contributed by atoms with Crippen molar-refractivity contribution in [2.24, 2.45) is 5.92 Å². The van der Waals surface area contributed by atoms with Crippen LogP contribution in [0.5, 0.6) is 0 Å². The molecule has 9 heteroatoms. The van der Waals surface area contributed by atoms with E-state index in [2.05, 4.69) is 10.6 Å². The largest absolute Gasteiger partial charge is 0.357 e. The van der Waals surface area contributed by atoms with Crippen LogP contribution in [0.3, 0.4) is 0 Å². The lowest BCUT2D eigenvalue weighted by Gasteiger charge is -2.21. The van der Waals surface area contributed by atoms with Gasteiger partial charge in [0.2, 0.25) is 17.7 Å². The van der Waals surface area contributed by atoms with Gasteiger partial charge in [0.25, 0.3) is 0 Å². The third kappa shape index (κ3) is 4.62. The number of carbonyl (C=O) groups is 3. The smallest absolute Gasteiger partial charge is 0.246 e. The zero-order valence-electron chi connectivity index (χ0n) is 16.4. The second-order valence-corrected chi connectivity index (χ2v) is 7.71. The first-order valence-electron chi connectivity index (χ1n) is 9.25. The molecule has 0 aliphatic carbocycles. The maximum absolute atomic E-state index is 13.6. The Hall–Kier alpha value is -2.94. The molecule has 2 atom stereocenters. The normalized spacial score (nSPS) is 17.0. The molecule has 0 aromatic heterocycles. The Labute approximate surface area is 177 Å². The van der Waals surface area contributed by atoms with Crippen LogP contribution in [0.15, 0.2) is 47.4 Å². The summed E-state index contributed by atoms with van der Waals surface area (Å²) < 4.78 is 26.9. The number of nitrogens with one attached hydrogen (secondary N) is 2. The molecule has 1 aliphatic rings. The van der Waals surface area contributed by atoms with E-state index in [0.717, 1.165) is 17.0 Å². The molecule has 2 N–H and O–H groups in total. The molecule has 0 saturated carbocycles. The lowest BCUT2D eigenvalue weighted by molar-refractivity contribution is -0.131. The summed E-state index contributed by atoms with van der Waals surface area (Å²) in [4.78, 5) is 40.1. The lowest BCUT2D eigenvalue weighted by Crippen LogP contribution is -2.42. The van der Waals surface area contributed by atoms with Crippen LogP contribution in [0.4, 0.5) is 14.5 Å². The fraction of sp³-hybridized carbons (Fsp3) is 0.286. The van der Waals surface area contributed by atoms with Crippen molar-refractivity contribution < 1.29 is 23.2 Å². The predicted molar refractivity (Wildman–Crippen MR) is 110 cm³/mol. The monoisotopic (exact) mass is 433 g/mol. The predicted octanol–water partition coefficient (Wildman–Crippen LogP) is 2.64. The van der Waals surface area contributed by atoms with Crippen LogP contribution >= 0.6 is 11.8 Å². The standard InChI is InChI=1S/C21H21F2N3O3S/c1-24-21(29)19(12-3-8-16(22)17(23)9-12)25-20(28)13-10-18(27)26(11-13)14-4-6-15(30-2)7-5-14/h3-9,13,19H,10-11H2,1-2H3,(H,24,29)(H,25,28). The molecular weight excluding hydrogens is 412 g/mol. The lowest BCUT2D eigenvalue weighted by atomic mass is 10.0. The van der Waals surface area contributed by atoms with E-state index >= 15 is 0 Å². The maximum Gasteiger partial charge on any atom is 0.246 e. The van der Waals surface area contributed by atoms with Crippen molar-refractivity contribution in [2.75, 3.05) is 24.7 Å². The van der Waals surface area contributed by atoms with Crippen molar-refractivity contribution in [3.05, 3.63) is 59.7 Å². The summed E-state index contributed by atoms with van der Waals surface area (Å²) >= 11 is 1.58. The number of amides is 3. The summed E-state index contributed by atoms with van der Waals surface area (Å²) in [6.45, 7) is 0.168. The first-order chi connectivity index (χ1) is 14.3. The highest BCUT2D eigenvalue weighted by molar-refractivity contribution is 7.98. The molecule has 1 aliphatic heterocycles. The number of benzene rings is 2. The molecule has 1 heterocycles. The van der Waals surface area contributed by atoms with Gasteiger partial charge in [0, 0.05) is 30.6 Å². The number of hydrogen-bond acceptors (Lipinski definition) is 4. The van der Waals surface area contributed by atoms with Crippen molar-refractivity contribution >= 4 is 35.2 Å². The second-order valence-electron chi connectivity index (χ2n) is 6.83. The number of halogens is 2. The Morgan fingerprint density at radius 3 is 2.43 bits per heavy atom. The minimum absolute atomic E-state index is 0.00560. The van der Waals surface area contributed by atoms with Crippen LogP contribution in [0.25, 0.3) is 0 Å². The van der Waals surface area contributed by atoms with E-state index in [0.29, 0.717) is 5.69 Å². The van der Waals surface area contributed by atoms with Crippen LogP contribution < -0.4 is 15.5 Å². The highest BCUT2D eigenvalue weighted by Crippen LogP contribution is 2.28. The van der Waals surface area contributed by atoms with Gasteiger partial charge in [-0.3, -0.25) is 14.4 Å². The average Bonchev–Trinajstić information content (AvgIpc) is 3.15. The first kappa shape index (κ1) is 21.8. The van der Waals surface area contributed by atoms with E-state index in [1.807, 2.05) is 30.5 Å². The summed E-state index contributed by atoms with van der Waals surface area (Å²) in [5.41, 5.74) is 0.798. The fourth-order valence-electron chi connectivity index (χ4n) is 3.29. The zero-order chi connectivity index (χ0) is 21.8. The number of hydrogen-bond donors (Lipinski definition) is 2. The molecule has 2 aromatic rings. The van der Waals surface area contributed by atoms with Gasteiger partial charge in [-0.2, -0.15) is 0 Å². The van der Waals surface area contributed by atoms with E-state index in [1.54, 1.807) is 11.8 Å². The molecule has 1 fully saturated rings. The van der Waals surface area contributed by atoms with Gasteiger partial charge >= 0.3 is 0 Å². The van der Waals surface area contributed by atoms with Gasteiger partial charge in [-0.05, 0) is 48.2 Å². The molecular formula is C21H21F2N3O3S. The van der Waals surface area contributed by atoms with E-state index in [1.165, 1.54) is 18.0 Å². The summed E-state index contributed by atoms with van der Waals surface area (Å²) in [5, 5.41) is 4.96. The molecule has 0 bridgehead atoms. The molecule has 3 rings (SSSR count). The van der Waals surface area contributed by atoms with Crippen molar-refractivity contribution in [2.45, 2.75) is 17.4 Å². The van der Waals surface area contributed by atoms with Crippen molar-refractivity contribution in [1.29, 1.82) is 0 Å². The minimum atomic E-state index is -1.21. The molecule has 1 saturated heterocycles. The third-order valence-corrected chi connectivity index (χ3v) is 5.70. The van der Waals surface area contributed by atoms with Gasteiger partial charge in [-0.25, -0.2) is 8.78 Å². The van der Waals surface area contributed by atoms with Crippen molar-refractivity contribution in [3.63, 3.8) is 0 Å². The van der Waals surface area contributed by atoms with E-state index in [4.69, 9.17) is 0 Å². The second kappa shape index (κ2) is 9.25. The molecule has 0 radical (unpaired) electrons. The average molecular weight is 433 g/mol. The summed E-state index contributed by atoms with van der Waals surface area (Å²) in [5.74, 6) is -4.13. The summed E-state index contributed by atoms with van der Waals surface area (Å²) in [7, 11) is 1.38. The molecule has 2 unspecified atom stereocenters. The zero-order valence-corrected chi connectivity index (χ0v) is 17.3. The number of thioether (sulfide) groups is 1. The minimum Gasteiger partial charge on any atom is -0.357 e. The maximum atomic E-state index is 13.6. The first-order valence-corrected chi connectivity index (χ1v) is 10.5. The van der Waals surface area contributed by atoms with Gasteiger partial charge in [0.05, 0.1) is 5.92 Å². The Morgan fingerprint density at radius 1 is 1.13 bits per heavy atom. The van der Waals surface area contributed by atoms with Crippen LogP contribution in [0.2, 0.25) is 0 Å². The summed E-state index contributed by atoms with van der Waals surface area (Å²) in [6.07, 6.45) is 1.95. The Bertz CT molecular complexity index is 968. The van der Waals surface area contributed by atoms with E-state index < -0.39 is 35.4 Å². The fourth-order valence-corrected chi connectivity index (χ4v) is 3.70. The van der Waals surface area contributed by atoms with E-state index in [-0.39, 0.29) is 24.4 Å². The number of anilines is 1. The van der Waals surface area contributed by atoms with Crippen molar-refractivity contribution in [1.82, 2.24) is 10.6 Å². The molecule has 6 nitrogen and oxygen atoms in total. The number of likely N-dealkylation sites (N-methyl/N-ethyl adjacent to an activating group) is 1.